The molecule has 6 nitrogen and oxygen atoms in total. The quantitative estimate of drug-likeness (QED) is 0.734. The maximum atomic E-state index is 13.2. The van der Waals surface area contributed by atoms with Gasteiger partial charge in [-0.1, -0.05) is 6.07 Å². The van der Waals surface area contributed by atoms with Gasteiger partial charge in [-0.3, -0.25) is 0 Å². The molecule has 0 atom stereocenters. The summed E-state index contributed by atoms with van der Waals surface area (Å²) in [5.74, 6) is 1.93. The van der Waals surface area contributed by atoms with Gasteiger partial charge >= 0.3 is 0 Å². The zero-order valence-electron chi connectivity index (χ0n) is 17.0. The summed E-state index contributed by atoms with van der Waals surface area (Å²) in [6.07, 6.45) is 1.63. The van der Waals surface area contributed by atoms with E-state index in [-0.39, 0.29) is 17.0 Å². The van der Waals surface area contributed by atoms with Crippen molar-refractivity contribution in [1.29, 1.82) is 0 Å². The topological polar surface area (TPSA) is 65.1 Å². The molecular weight excluding hydrogens is 378 g/mol. The summed E-state index contributed by atoms with van der Waals surface area (Å²) in [4.78, 5) is 0.255. The second-order valence-electron chi connectivity index (χ2n) is 7.53. The number of sulfonamides is 1. The third-order valence-corrected chi connectivity index (χ3v) is 6.83. The Morgan fingerprint density at radius 3 is 2.36 bits per heavy atom. The van der Waals surface area contributed by atoms with E-state index in [1.807, 2.05) is 13.8 Å². The molecule has 0 unspecified atom stereocenters. The van der Waals surface area contributed by atoms with Crippen molar-refractivity contribution in [3.63, 3.8) is 0 Å². The van der Waals surface area contributed by atoms with Gasteiger partial charge in [-0.15, -0.1) is 0 Å². The summed E-state index contributed by atoms with van der Waals surface area (Å²) in [6.45, 7) is 4.21. The zero-order chi connectivity index (χ0) is 20.5. The Morgan fingerprint density at radius 1 is 1.11 bits per heavy atom. The van der Waals surface area contributed by atoms with Gasteiger partial charge in [0.25, 0.3) is 0 Å². The highest BCUT2D eigenvalue weighted by Gasteiger charge is 2.29. The highest BCUT2D eigenvalue weighted by atomic mass is 32.2. The molecule has 0 amide bonds. The molecule has 2 aromatic rings. The number of methoxy groups -OCH3 is 2. The molecule has 0 fully saturated rings. The molecule has 0 radical (unpaired) electrons. The molecule has 0 aromatic heterocycles. The maximum absolute atomic E-state index is 13.2. The van der Waals surface area contributed by atoms with Gasteiger partial charge in [0.1, 0.15) is 22.8 Å². The van der Waals surface area contributed by atoms with Crippen LogP contribution in [0, 0.1) is 0 Å². The van der Waals surface area contributed by atoms with Gasteiger partial charge in [0.15, 0.2) is 0 Å². The summed E-state index contributed by atoms with van der Waals surface area (Å²) in [6, 6.07) is 10.5. The molecule has 0 saturated heterocycles. The highest BCUT2D eigenvalue weighted by molar-refractivity contribution is 7.89. The first-order valence-electron chi connectivity index (χ1n) is 9.16. The molecule has 2 aromatic carbocycles. The molecule has 0 bridgehead atoms. The second-order valence-corrected chi connectivity index (χ2v) is 9.58. The van der Waals surface area contributed by atoms with Crippen LogP contribution in [0.4, 0.5) is 0 Å². The Kier molecular flexibility index (Phi) is 5.59. The average Bonchev–Trinajstić information content (AvgIpc) is 2.66. The van der Waals surface area contributed by atoms with Crippen LogP contribution in [0.3, 0.4) is 0 Å². The van der Waals surface area contributed by atoms with Gasteiger partial charge in [-0.25, -0.2) is 8.42 Å². The average molecular weight is 406 g/mol. The van der Waals surface area contributed by atoms with E-state index in [1.54, 1.807) is 57.7 Å². The highest BCUT2D eigenvalue weighted by Crippen LogP contribution is 2.35. The van der Waals surface area contributed by atoms with Crippen LogP contribution in [0.5, 0.6) is 17.2 Å². The fraction of sp³-hybridized carbons (Fsp3) is 0.429. The molecule has 0 saturated carbocycles. The lowest BCUT2D eigenvalue weighted by Crippen LogP contribution is -2.33. The number of benzene rings is 2. The van der Waals surface area contributed by atoms with Gasteiger partial charge in [-0.05, 0) is 62.6 Å². The van der Waals surface area contributed by atoms with Crippen molar-refractivity contribution >= 4 is 10.0 Å². The van der Waals surface area contributed by atoms with E-state index in [9.17, 15) is 8.42 Å². The standard InChI is InChI=1S/C21H27NO5S/c1-21(2)12-11-15-13-16(9-10-18(15)27-21)28(23,24)22(3)14-17-19(25-4)7-6-8-20(17)26-5/h6-10,13H,11-12,14H2,1-5H3. The Balaban J connectivity index is 1.90. The van der Waals surface area contributed by atoms with E-state index in [0.29, 0.717) is 17.1 Å². The monoisotopic (exact) mass is 405 g/mol. The van der Waals surface area contributed by atoms with Crippen LogP contribution in [0.1, 0.15) is 31.4 Å². The van der Waals surface area contributed by atoms with Gasteiger partial charge < -0.3 is 14.2 Å². The normalized spacial score (nSPS) is 15.6. The van der Waals surface area contributed by atoms with Crippen LogP contribution in [0.15, 0.2) is 41.3 Å². The van der Waals surface area contributed by atoms with Gasteiger partial charge in [0.2, 0.25) is 10.0 Å². The number of aryl methyl sites for hydroxylation is 1. The molecule has 152 valence electrons. The van der Waals surface area contributed by atoms with Crippen molar-refractivity contribution in [3.05, 3.63) is 47.5 Å². The lowest BCUT2D eigenvalue weighted by molar-refractivity contribution is 0.0845. The zero-order valence-corrected chi connectivity index (χ0v) is 17.8. The first-order chi connectivity index (χ1) is 13.2. The van der Waals surface area contributed by atoms with E-state index < -0.39 is 10.0 Å². The lowest BCUT2D eigenvalue weighted by atomic mass is 9.94. The van der Waals surface area contributed by atoms with E-state index in [1.165, 1.54) is 4.31 Å². The van der Waals surface area contributed by atoms with E-state index >= 15 is 0 Å². The van der Waals surface area contributed by atoms with E-state index in [2.05, 4.69) is 0 Å². The van der Waals surface area contributed by atoms with Crippen LogP contribution < -0.4 is 14.2 Å². The van der Waals surface area contributed by atoms with Gasteiger partial charge in [-0.2, -0.15) is 4.31 Å². The Bertz CT molecular complexity index is 947. The molecule has 0 aliphatic carbocycles. The number of nitrogens with zero attached hydrogens (tertiary/aromatic N) is 1. The smallest absolute Gasteiger partial charge is 0.243 e. The third-order valence-electron chi connectivity index (χ3n) is 5.03. The van der Waals surface area contributed by atoms with Crippen molar-refractivity contribution < 1.29 is 22.6 Å². The first-order valence-corrected chi connectivity index (χ1v) is 10.6. The third kappa shape index (κ3) is 3.95. The SMILES string of the molecule is COc1cccc(OC)c1CN(C)S(=O)(=O)c1ccc2c(c1)CCC(C)(C)O2. The fourth-order valence-electron chi connectivity index (χ4n) is 3.37. The molecular formula is C21H27NO5S. The second kappa shape index (κ2) is 7.64. The van der Waals surface area contributed by atoms with Crippen molar-refractivity contribution in [3.8, 4) is 17.2 Å². The van der Waals surface area contributed by atoms with Gasteiger partial charge in [0.05, 0.1) is 24.7 Å². The summed E-state index contributed by atoms with van der Waals surface area (Å²) in [5.41, 5.74) is 1.37. The molecule has 1 aliphatic rings. The number of ether oxygens (including phenoxy) is 3. The van der Waals surface area contributed by atoms with Gasteiger partial charge in [0, 0.05) is 13.6 Å². The predicted molar refractivity (Wildman–Crippen MR) is 108 cm³/mol. The summed E-state index contributed by atoms with van der Waals surface area (Å²) >= 11 is 0. The van der Waals surface area contributed by atoms with Crippen LogP contribution in [-0.2, 0) is 23.0 Å². The Morgan fingerprint density at radius 2 is 1.75 bits per heavy atom. The van der Waals surface area contributed by atoms with Crippen LogP contribution in [0.2, 0.25) is 0 Å². The van der Waals surface area contributed by atoms with Crippen molar-refractivity contribution in [2.75, 3.05) is 21.3 Å². The number of hydrogen-bond acceptors (Lipinski definition) is 5. The minimum Gasteiger partial charge on any atom is -0.496 e. The Hall–Kier alpha value is -2.25. The minimum atomic E-state index is -3.68. The molecule has 7 heteroatoms. The number of fused-ring (bicyclic) bond motifs is 1. The van der Waals surface area contributed by atoms with Crippen molar-refractivity contribution in [2.24, 2.45) is 0 Å². The van der Waals surface area contributed by atoms with Crippen LogP contribution in [0.25, 0.3) is 0 Å². The lowest BCUT2D eigenvalue weighted by Gasteiger charge is -2.32. The van der Waals surface area contributed by atoms with Crippen LogP contribution >= 0.6 is 0 Å². The molecule has 0 N–H and O–H groups in total. The van der Waals surface area contributed by atoms with E-state index in [4.69, 9.17) is 14.2 Å². The fourth-order valence-corrected chi connectivity index (χ4v) is 4.56. The molecule has 0 spiro atoms. The molecule has 28 heavy (non-hydrogen) atoms. The maximum Gasteiger partial charge on any atom is 0.243 e. The predicted octanol–water partition coefficient (Wildman–Crippen LogP) is 3.63. The van der Waals surface area contributed by atoms with Crippen molar-refractivity contribution in [1.82, 2.24) is 4.31 Å². The minimum absolute atomic E-state index is 0.135. The van der Waals surface area contributed by atoms with Crippen LogP contribution in [-0.4, -0.2) is 39.6 Å². The molecule has 3 rings (SSSR count). The molecule has 1 heterocycles. The number of hydrogen-bond donors (Lipinski definition) is 0. The Labute approximate surface area is 167 Å². The van der Waals surface area contributed by atoms with Crippen molar-refractivity contribution in [2.45, 2.75) is 43.7 Å². The summed E-state index contributed by atoms with van der Waals surface area (Å²) < 4.78 is 44.3. The summed E-state index contributed by atoms with van der Waals surface area (Å²) in [7, 11) is 0.980. The first kappa shape index (κ1) is 20.5. The largest absolute Gasteiger partial charge is 0.496 e. The summed E-state index contributed by atoms with van der Waals surface area (Å²) in [5, 5.41) is 0. The number of rotatable bonds is 6. The molecule has 1 aliphatic heterocycles. The van der Waals surface area contributed by atoms with E-state index in [0.717, 1.165) is 24.2 Å².